The van der Waals surface area contributed by atoms with Crippen molar-refractivity contribution in [2.24, 2.45) is 0 Å². The minimum Gasteiger partial charge on any atom is -0.337 e. The van der Waals surface area contributed by atoms with E-state index in [1.807, 2.05) is 6.07 Å². The van der Waals surface area contributed by atoms with E-state index in [4.69, 9.17) is 11.6 Å². The lowest BCUT2D eigenvalue weighted by atomic mass is 10.1. The van der Waals surface area contributed by atoms with Gasteiger partial charge >= 0.3 is 0 Å². The lowest BCUT2D eigenvalue weighted by Crippen LogP contribution is -2.26. The summed E-state index contributed by atoms with van der Waals surface area (Å²) in [6, 6.07) is 11.3. The smallest absolute Gasteiger partial charge is 0.253 e. The first kappa shape index (κ1) is 15.3. The molecule has 0 bridgehead atoms. The predicted octanol–water partition coefficient (Wildman–Crippen LogP) is 4.36. The van der Waals surface area contributed by atoms with Crippen LogP contribution in [0.3, 0.4) is 0 Å². The molecular formula is C15H12ClFINO. The van der Waals surface area contributed by atoms with Gasteiger partial charge < -0.3 is 4.90 Å². The van der Waals surface area contributed by atoms with Crippen LogP contribution < -0.4 is 0 Å². The maximum Gasteiger partial charge on any atom is 0.253 e. The Hall–Kier alpha value is -1.14. The van der Waals surface area contributed by atoms with Crippen molar-refractivity contribution < 1.29 is 9.18 Å². The van der Waals surface area contributed by atoms with E-state index in [9.17, 15) is 9.18 Å². The molecular weight excluding hydrogens is 392 g/mol. The van der Waals surface area contributed by atoms with Gasteiger partial charge in [-0.15, -0.1) is 0 Å². The molecule has 104 valence electrons. The van der Waals surface area contributed by atoms with E-state index in [1.54, 1.807) is 36.2 Å². The molecule has 0 fully saturated rings. The summed E-state index contributed by atoms with van der Waals surface area (Å²) in [5.74, 6) is -0.403. The highest BCUT2D eigenvalue weighted by molar-refractivity contribution is 14.1. The number of amides is 1. The molecule has 0 atom stereocenters. The van der Waals surface area contributed by atoms with E-state index in [1.165, 1.54) is 12.1 Å². The molecule has 0 heterocycles. The maximum absolute atomic E-state index is 12.8. The summed E-state index contributed by atoms with van der Waals surface area (Å²) < 4.78 is 13.7. The lowest BCUT2D eigenvalue weighted by molar-refractivity contribution is 0.0785. The molecule has 5 heteroatoms. The van der Waals surface area contributed by atoms with Crippen molar-refractivity contribution in [1.82, 2.24) is 4.90 Å². The van der Waals surface area contributed by atoms with Gasteiger partial charge in [0.25, 0.3) is 5.91 Å². The Labute approximate surface area is 135 Å². The Morgan fingerprint density at radius 2 is 1.90 bits per heavy atom. The molecule has 1 amide bonds. The minimum absolute atomic E-state index is 0.118. The molecule has 2 aromatic carbocycles. The summed E-state index contributed by atoms with van der Waals surface area (Å²) in [6.45, 7) is 0.419. The molecule has 0 saturated carbocycles. The average Bonchev–Trinajstić information content (AvgIpc) is 2.43. The molecule has 0 aliphatic heterocycles. The number of carbonyl (C=O) groups excluding carboxylic acids is 1. The Morgan fingerprint density at radius 1 is 1.25 bits per heavy atom. The maximum atomic E-state index is 12.8. The third-order valence-corrected chi connectivity index (χ3v) is 4.42. The number of carbonyl (C=O) groups is 1. The van der Waals surface area contributed by atoms with Gasteiger partial charge in [-0.1, -0.05) is 23.7 Å². The highest BCUT2D eigenvalue weighted by atomic mass is 127. The van der Waals surface area contributed by atoms with Crippen LogP contribution >= 0.6 is 34.2 Å². The molecule has 2 aromatic rings. The predicted molar refractivity (Wildman–Crippen MR) is 86.4 cm³/mol. The molecule has 0 saturated heterocycles. The quantitative estimate of drug-likeness (QED) is 0.698. The van der Waals surface area contributed by atoms with E-state index in [0.29, 0.717) is 17.1 Å². The molecule has 0 aliphatic carbocycles. The van der Waals surface area contributed by atoms with E-state index in [0.717, 1.165) is 9.13 Å². The standard InChI is InChI=1S/C15H12ClFINO/c1-19(9-10-2-5-12(17)6-3-10)15(20)11-4-7-14(18)13(16)8-11/h2-8H,9H2,1H3. The molecule has 0 N–H and O–H groups in total. The van der Waals surface area contributed by atoms with Gasteiger partial charge in [-0.2, -0.15) is 0 Å². The van der Waals surface area contributed by atoms with Gasteiger partial charge in [-0.3, -0.25) is 4.79 Å². The first-order chi connectivity index (χ1) is 9.47. The van der Waals surface area contributed by atoms with Crippen LogP contribution in [0.4, 0.5) is 4.39 Å². The summed E-state index contributed by atoms with van der Waals surface area (Å²) >= 11 is 8.13. The Bertz CT molecular complexity index is 630. The van der Waals surface area contributed by atoms with Crippen molar-refractivity contribution in [3.05, 3.63) is 68.0 Å². The molecule has 0 unspecified atom stereocenters. The zero-order valence-electron chi connectivity index (χ0n) is 10.7. The summed E-state index contributed by atoms with van der Waals surface area (Å²) in [4.78, 5) is 13.8. The molecule has 0 spiro atoms. The second-order valence-electron chi connectivity index (χ2n) is 4.42. The van der Waals surface area contributed by atoms with Crippen molar-refractivity contribution in [1.29, 1.82) is 0 Å². The van der Waals surface area contributed by atoms with Crippen molar-refractivity contribution >= 4 is 40.1 Å². The van der Waals surface area contributed by atoms with Crippen molar-refractivity contribution in [2.45, 2.75) is 6.54 Å². The third kappa shape index (κ3) is 3.70. The first-order valence-electron chi connectivity index (χ1n) is 5.92. The van der Waals surface area contributed by atoms with Gasteiger partial charge in [0.2, 0.25) is 0 Å². The molecule has 0 radical (unpaired) electrons. The van der Waals surface area contributed by atoms with Crippen LogP contribution in [0, 0.1) is 9.39 Å². The largest absolute Gasteiger partial charge is 0.337 e. The van der Waals surface area contributed by atoms with Crippen LogP contribution in [0.5, 0.6) is 0 Å². The average molecular weight is 404 g/mol. The van der Waals surface area contributed by atoms with Gasteiger partial charge in [0.15, 0.2) is 0 Å². The van der Waals surface area contributed by atoms with E-state index in [-0.39, 0.29) is 11.7 Å². The first-order valence-corrected chi connectivity index (χ1v) is 7.38. The topological polar surface area (TPSA) is 20.3 Å². The second kappa shape index (κ2) is 6.54. The van der Waals surface area contributed by atoms with Crippen molar-refractivity contribution in [2.75, 3.05) is 7.05 Å². The van der Waals surface area contributed by atoms with Crippen LogP contribution in [0.15, 0.2) is 42.5 Å². The van der Waals surface area contributed by atoms with Crippen LogP contribution in [0.1, 0.15) is 15.9 Å². The summed E-state index contributed by atoms with van der Waals surface area (Å²) in [6.07, 6.45) is 0. The molecule has 0 aromatic heterocycles. The zero-order valence-corrected chi connectivity index (χ0v) is 13.7. The van der Waals surface area contributed by atoms with E-state index >= 15 is 0 Å². The number of benzene rings is 2. The molecule has 20 heavy (non-hydrogen) atoms. The number of hydrogen-bond acceptors (Lipinski definition) is 1. The van der Waals surface area contributed by atoms with Crippen LogP contribution in [0.25, 0.3) is 0 Å². The third-order valence-electron chi connectivity index (χ3n) is 2.85. The number of nitrogens with zero attached hydrogens (tertiary/aromatic N) is 1. The Kier molecular flexibility index (Phi) is 4.99. The van der Waals surface area contributed by atoms with Gasteiger partial charge in [-0.25, -0.2) is 4.39 Å². The highest BCUT2D eigenvalue weighted by Crippen LogP contribution is 2.20. The van der Waals surface area contributed by atoms with E-state index in [2.05, 4.69) is 22.6 Å². The van der Waals surface area contributed by atoms with Crippen LogP contribution in [-0.2, 0) is 6.54 Å². The minimum atomic E-state index is -0.285. The van der Waals surface area contributed by atoms with Gasteiger partial charge in [0.05, 0.1) is 5.02 Å². The molecule has 0 aliphatic rings. The lowest BCUT2D eigenvalue weighted by Gasteiger charge is -2.17. The zero-order chi connectivity index (χ0) is 14.7. The van der Waals surface area contributed by atoms with E-state index < -0.39 is 0 Å². The van der Waals surface area contributed by atoms with Gasteiger partial charge in [0, 0.05) is 22.7 Å². The SMILES string of the molecule is CN(Cc1ccc(F)cc1)C(=O)c1ccc(I)c(Cl)c1. The van der Waals surface area contributed by atoms with Gasteiger partial charge in [0.1, 0.15) is 5.82 Å². The fourth-order valence-corrected chi connectivity index (χ4v) is 2.30. The van der Waals surface area contributed by atoms with Crippen molar-refractivity contribution in [3.8, 4) is 0 Å². The normalized spacial score (nSPS) is 10.4. The fourth-order valence-electron chi connectivity index (χ4n) is 1.79. The summed E-state index contributed by atoms with van der Waals surface area (Å²) in [7, 11) is 1.71. The van der Waals surface area contributed by atoms with Crippen molar-refractivity contribution in [3.63, 3.8) is 0 Å². The highest BCUT2D eigenvalue weighted by Gasteiger charge is 2.13. The number of hydrogen-bond donors (Lipinski definition) is 0. The number of rotatable bonds is 3. The Morgan fingerprint density at radius 3 is 2.50 bits per heavy atom. The fraction of sp³-hybridized carbons (Fsp3) is 0.133. The summed E-state index contributed by atoms with van der Waals surface area (Å²) in [5, 5.41) is 0.562. The van der Waals surface area contributed by atoms with Crippen LogP contribution in [-0.4, -0.2) is 17.9 Å². The second-order valence-corrected chi connectivity index (χ2v) is 5.99. The Balaban J connectivity index is 2.11. The molecule has 2 nitrogen and oxygen atoms in total. The molecule has 2 rings (SSSR count). The summed E-state index contributed by atoms with van der Waals surface area (Å²) in [5.41, 5.74) is 1.42. The van der Waals surface area contributed by atoms with Gasteiger partial charge in [-0.05, 0) is 58.5 Å². The number of halogens is 3. The monoisotopic (exact) mass is 403 g/mol. The van der Waals surface area contributed by atoms with Crippen LogP contribution in [0.2, 0.25) is 5.02 Å².